The highest BCUT2D eigenvalue weighted by atomic mass is 16.6. The maximum atomic E-state index is 5.04. The number of anilines is 1. The first-order chi connectivity index (χ1) is 5.95. The van der Waals surface area contributed by atoms with Gasteiger partial charge in [0, 0.05) is 12.2 Å². The molecule has 0 aliphatic carbocycles. The molecular weight excluding hydrogens is 152 g/mol. The SMILES string of the molecule is c1ccc(NNCC2CO2)cc1. The van der Waals surface area contributed by atoms with E-state index < -0.39 is 0 Å². The molecule has 1 aliphatic rings. The quantitative estimate of drug-likeness (QED) is 0.515. The first-order valence-electron chi connectivity index (χ1n) is 4.11. The highest BCUT2D eigenvalue weighted by Crippen LogP contribution is 2.07. The molecule has 2 N–H and O–H groups in total. The molecule has 12 heavy (non-hydrogen) atoms. The molecule has 0 spiro atoms. The number of para-hydroxylation sites is 1. The van der Waals surface area contributed by atoms with Crippen molar-refractivity contribution in [3.63, 3.8) is 0 Å². The lowest BCUT2D eigenvalue weighted by Crippen LogP contribution is -2.25. The van der Waals surface area contributed by atoms with E-state index in [4.69, 9.17) is 4.74 Å². The number of benzene rings is 1. The van der Waals surface area contributed by atoms with Gasteiger partial charge < -0.3 is 10.2 Å². The van der Waals surface area contributed by atoms with E-state index in [9.17, 15) is 0 Å². The highest BCUT2D eigenvalue weighted by Gasteiger charge is 2.21. The van der Waals surface area contributed by atoms with Crippen LogP contribution in [0.3, 0.4) is 0 Å². The fourth-order valence-electron chi connectivity index (χ4n) is 0.974. The number of ether oxygens (including phenoxy) is 1. The number of rotatable bonds is 4. The lowest BCUT2D eigenvalue weighted by molar-refractivity contribution is 0.402. The fourth-order valence-corrected chi connectivity index (χ4v) is 0.974. The summed E-state index contributed by atoms with van der Waals surface area (Å²) in [5, 5.41) is 0. The van der Waals surface area contributed by atoms with Gasteiger partial charge in [-0.15, -0.1) is 0 Å². The average molecular weight is 164 g/mol. The lowest BCUT2D eigenvalue weighted by Gasteiger charge is -2.05. The van der Waals surface area contributed by atoms with Crippen molar-refractivity contribution in [2.45, 2.75) is 6.10 Å². The standard InChI is InChI=1S/C9H12N2O/c1-2-4-8(5-3-1)11-10-6-9-7-12-9/h1-5,9-11H,6-7H2. The summed E-state index contributed by atoms with van der Waals surface area (Å²) in [6.07, 6.45) is 0.418. The van der Waals surface area contributed by atoms with Crippen LogP contribution in [-0.4, -0.2) is 19.3 Å². The van der Waals surface area contributed by atoms with Gasteiger partial charge in [-0.05, 0) is 12.1 Å². The summed E-state index contributed by atoms with van der Waals surface area (Å²) in [6.45, 7) is 1.76. The minimum atomic E-state index is 0.418. The Kier molecular flexibility index (Phi) is 2.25. The zero-order chi connectivity index (χ0) is 8.23. The summed E-state index contributed by atoms with van der Waals surface area (Å²) in [6, 6.07) is 10.0. The van der Waals surface area contributed by atoms with Gasteiger partial charge in [-0.25, -0.2) is 5.43 Å². The predicted octanol–water partition coefficient (Wildman–Crippen LogP) is 1.00. The lowest BCUT2D eigenvalue weighted by atomic mass is 10.3. The number of hydrogen-bond acceptors (Lipinski definition) is 3. The van der Waals surface area contributed by atoms with E-state index in [1.807, 2.05) is 30.3 Å². The molecule has 1 saturated heterocycles. The fraction of sp³-hybridized carbons (Fsp3) is 0.333. The maximum Gasteiger partial charge on any atom is 0.0952 e. The average Bonchev–Trinajstić information content (AvgIpc) is 2.90. The van der Waals surface area contributed by atoms with E-state index in [1.165, 1.54) is 0 Å². The van der Waals surface area contributed by atoms with Gasteiger partial charge in [0.1, 0.15) is 0 Å². The molecule has 0 amide bonds. The van der Waals surface area contributed by atoms with E-state index in [0.717, 1.165) is 18.8 Å². The summed E-state index contributed by atoms with van der Waals surface area (Å²) in [4.78, 5) is 0. The van der Waals surface area contributed by atoms with Crippen LogP contribution in [0, 0.1) is 0 Å². The van der Waals surface area contributed by atoms with Gasteiger partial charge in [-0.3, -0.25) is 0 Å². The van der Waals surface area contributed by atoms with Gasteiger partial charge >= 0.3 is 0 Å². The predicted molar refractivity (Wildman–Crippen MR) is 47.8 cm³/mol. The van der Waals surface area contributed by atoms with Crippen molar-refractivity contribution < 1.29 is 4.74 Å². The minimum absolute atomic E-state index is 0.418. The van der Waals surface area contributed by atoms with Gasteiger partial charge in [0.15, 0.2) is 0 Å². The van der Waals surface area contributed by atoms with Crippen molar-refractivity contribution in [3.05, 3.63) is 30.3 Å². The van der Waals surface area contributed by atoms with E-state index in [1.54, 1.807) is 0 Å². The molecule has 0 saturated carbocycles. The molecule has 2 rings (SSSR count). The largest absolute Gasteiger partial charge is 0.372 e. The normalized spacial score (nSPS) is 20.5. The Morgan fingerprint density at radius 2 is 2.08 bits per heavy atom. The van der Waals surface area contributed by atoms with Gasteiger partial charge in [0.05, 0.1) is 12.7 Å². The second-order valence-corrected chi connectivity index (χ2v) is 2.83. The van der Waals surface area contributed by atoms with Crippen LogP contribution < -0.4 is 10.9 Å². The molecule has 3 nitrogen and oxygen atoms in total. The van der Waals surface area contributed by atoms with Crippen LogP contribution in [0.1, 0.15) is 0 Å². The van der Waals surface area contributed by atoms with Crippen molar-refractivity contribution in [2.75, 3.05) is 18.6 Å². The molecule has 1 aromatic carbocycles. The first-order valence-corrected chi connectivity index (χ1v) is 4.11. The third-order valence-electron chi connectivity index (χ3n) is 1.74. The van der Waals surface area contributed by atoms with E-state index in [0.29, 0.717) is 6.10 Å². The van der Waals surface area contributed by atoms with Crippen LogP contribution in [0.4, 0.5) is 5.69 Å². The Morgan fingerprint density at radius 3 is 2.75 bits per heavy atom. The summed E-state index contributed by atoms with van der Waals surface area (Å²) in [5.74, 6) is 0. The summed E-state index contributed by atoms with van der Waals surface area (Å²) in [7, 11) is 0. The molecule has 1 atom stereocenters. The molecule has 3 heteroatoms. The van der Waals surface area contributed by atoms with Gasteiger partial charge in [0.25, 0.3) is 0 Å². The van der Waals surface area contributed by atoms with Crippen molar-refractivity contribution in [2.24, 2.45) is 0 Å². The molecule has 0 bridgehead atoms. The maximum absolute atomic E-state index is 5.04. The molecule has 1 fully saturated rings. The summed E-state index contributed by atoms with van der Waals surface area (Å²) in [5.41, 5.74) is 7.26. The molecule has 0 aromatic heterocycles. The molecule has 1 aromatic rings. The van der Waals surface area contributed by atoms with E-state index in [-0.39, 0.29) is 0 Å². The molecule has 1 aliphatic heterocycles. The van der Waals surface area contributed by atoms with Crippen LogP contribution in [0.25, 0.3) is 0 Å². The van der Waals surface area contributed by atoms with Crippen LogP contribution in [0.5, 0.6) is 0 Å². The van der Waals surface area contributed by atoms with Gasteiger partial charge in [-0.2, -0.15) is 0 Å². The smallest absolute Gasteiger partial charge is 0.0952 e. The van der Waals surface area contributed by atoms with Crippen LogP contribution in [0.2, 0.25) is 0 Å². The Labute approximate surface area is 71.7 Å². The molecular formula is C9H12N2O. The number of nitrogens with one attached hydrogen (secondary N) is 2. The van der Waals surface area contributed by atoms with Crippen LogP contribution in [0.15, 0.2) is 30.3 Å². The van der Waals surface area contributed by atoms with Gasteiger partial charge in [-0.1, -0.05) is 18.2 Å². The molecule has 0 radical (unpaired) electrons. The Hall–Kier alpha value is -1.06. The van der Waals surface area contributed by atoms with Crippen molar-refractivity contribution in [3.8, 4) is 0 Å². The Morgan fingerprint density at radius 1 is 1.33 bits per heavy atom. The Balaban J connectivity index is 1.72. The van der Waals surface area contributed by atoms with Crippen LogP contribution >= 0.6 is 0 Å². The summed E-state index contributed by atoms with van der Waals surface area (Å²) >= 11 is 0. The van der Waals surface area contributed by atoms with Crippen molar-refractivity contribution in [1.82, 2.24) is 5.43 Å². The zero-order valence-corrected chi connectivity index (χ0v) is 6.79. The molecule has 1 unspecified atom stereocenters. The Bertz CT molecular complexity index is 234. The minimum Gasteiger partial charge on any atom is -0.372 e. The number of hydrogen-bond donors (Lipinski definition) is 2. The topological polar surface area (TPSA) is 36.6 Å². The van der Waals surface area contributed by atoms with E-state index in [2.05, 4.69) is 10.9 Å². The first kappa shape index (κ1) is 7.58. The van der Waals surface area contributed by atoms with E-state index >= 15 is 0 Å². The monoisotopic (exact) mass is 164 g/mol. The number of epoxide rings is 1. The highest BCUT2D eigenvalue weighted by molar-refractivity contribution is 5.41. The third-order valence-corrected chi connectivity index (χ3v) is 1.74. The second-order valence-electron chi connectivity index (χ2n) is 2.83. The zero-order valence-electron chi connectivity index (χ0n) is 6.79. The molecule has 1 heterocycles. The number of hydrazine groups is 1. The second kappa shape index (κ2) is 3.56. The summed E-state index contributed by atoms with van der Waals surface area (Å²) < 4.78 is 5.04. The molecule has 64 valence electrons. The van der Waals surface area contributed by atoms with Crippen molar-refractivity contribution >= 4 is 5.69 Å². The third kappa shape index (κ3) is 2.22. The van der Waals surface area contributed by atoms with Crippen LogP contribution in [-0.2, 0) is 4.74 Å². The van der Waals surface area contributed by atoms with Gasteiger partial charge in [0.2, 0.25) is 0 Å². The van der Waals surface area contributed by atoms with Crippen molar-refractivity contribution in [1.29, 1.82) is 0 Å².